The summed E-state index contributed by atoms with van der Waals surface area (Å²) in [6.07, 6.45) is 2.65. The topological polar surface area (TPSA) is 70.6 Å². The molecule has 0 unspecified atom stereocenters. The molecule has 0 bridgehead atoms. The Labute approximate surface area is 121 Å². The number of urea groups is 1. The van der Waals surface area contributed by atoms with Gasteiger partial charge >= 0.3 is 12.6 Å². The second-order valence-corrected chi connectivity index (χ2v) is 4.96. The van der Waals surface area contributed by atoms with E-state index in [9.17, 15) is 13.6 Å². The predicted molar refractivity (Wildman–Crippen MR) is 73.4 cm³/mol. The van der Waals surface area contributed by atoms with E-state index in [1.54, 1.807) is 0 Å². The van der Waals surface area contributed by atoms with E-state index in [-0.39, 0.29) is 24.4 Å². The molecule has 7 heteroatoms. The molecule has 1 saturated carbocycles. The molecular weight excluding hydrogens is 282 g/mol. The van der Waals surface area contributed by atoms with Crippen LogP contribution in [0, 0.1) is 5.92 Å². The van der Waals surface area contributed by atoms with Crippen LogP contribution in [0.3, 0.4) is 0 Å². The first kappa shape index (κ1) is 15.5. The second-order valence-electron chi connectivity index (χ2n) is 4.96. The lowest BCUT2D eigenvalue weighted by Gasteiger charge is -2.17. The number of amides is 2. The van der Waals surface area contributed by atoms with Crippen LogP contribution in [0.2, 0.25) is 0 Å². The third-order valence-electron chi connectivity index (χ3n) is 3.28. The molecule has 0 spiro atoms. The Bertz CT molecular complexity index is 464. The van der Waals surface area contributed by atoms with E-state index in [2.05, 4.69) is 15.4 Å². The number of anilines is 1. The number of aliphatic hydroxyl groups is 1. The maximum Gasteiger partial charge on any atom is 0.387 e. The van der Waals surface area contributed by atoms with Crippen molar-refractivity contribution in [2.24, 2.45) is 5.92 Å². The molecule has 1 aromatic carbocycles. The number of ether oxygens (including phenoxy) is 1. The van der Waals surface area contributed by atoms with Crippen molar-refractivity contribution in [1.82, 2.24) is 5.32 Å². The highest BCUT2D eigenvalue weighted by molar-refractivity contribution is 5.89. The van der Waals surface area contributed by atoms with Gasteiger partial charge in [0.15, 0.2) is 0 Å². The van der Waals surface area contributed by atoms with Crippen LogP contribution in [0.4, 0.5) is 19.3 Å². The molecule has 2 rings (SSSR count). The summed E-state index contributed by atoms with van der Waals surface area (Å²) < 4.78 is 28.2. The first-order valence-corrected chi connectivity index (χ1v) is 6.81. The molecule has 5 nitrogen and oxygen atoms in total. The zero-order valence-corrected chi connectivity index (χ0v) is 11.4. The molecule has 1 atom stereocenters. The number of benzene rings is 1. The minimum absolute atomic E-state index is 0.0289. The number of carbonyl (C=O) groups excluding carboxylic acids is 1. The summed E-state index contributed by atoms with van der Waals surface area (Å²) >= 11 is 0. The smallest absolute Gasteiger partial charge is 0.387 e. The molecule has 116 valence electrons. The van der Waals surface area contributed by atoms with Crippen molar-refractivity contribution in [3.63, 3.8) is 0 Å². The Morgan fingerprint density at radius 3 is 2.52 bits per heavy atom. The van der Waals surface area contributed by atoms with Crippen LogP contribution in [0.25, 0.3) is 0 Å². The highest BCUT2D eigenvalue weighted by atomic mass is 19.3. The van der Waals surface area contributed by atoms with E-state index in [4.69, 9.17) is 5.11 Å². The van der Waals surface area contributed by atoms with E-state index in [1.165, 1.54) is 24.3 Å². The molecule has 1 fully saturated rings. The third-order valence-corrected chi connectivity index (χ3v) is 3.28. The fraction of sp³-hybridized carbons (Fsp3) is 0.500. The minimum Gasteiger partial charge on any atom is -0.435 e. The zero-order chi connectivity index (χ0) is 15.2. The van der Waals surface area contributed by atoms with Gasteiger partial charge in [-0.25, -0.2) is 4.79 Å². The molecule has 1 aromatic rings. The highest BCUT2D eigenvalue weighted by Gasteiger charge is 2.31. The first-order valence-electron chi connectivity index (χ1n) is 6.81. The second kappa shape index (κ2) is 7.21. The van der Waals surface area contributed by atoms with Gasteiger partial charge in [-0.1, -0.05) is 0 Å². The van der Waals surface area contributed by atoms with Gasteiger partial charge in [-0.05, 0) is 49.4 Å². The van der Waals surface area contributed by atoms with Crippen LogP contribution in [0.15, 0.2) is 24.3 Å². The van der Waals surface area contributed by atoms with Crippen LogP contribution < -0.4 is 15.4 Å². The molecule has 21 heavy (non-hydrogen) atoms. The Morgan fingerprint density at radius 1 is 1.33 bits per heavy atom. The molecule has 0 radical (unpaired) electrons. The van der Waals surface area contributed by atoms with Gasteiger partial charge in [0.1, 0.15) is 5.75 Å². The lowest BCUT2D eigenvalue weighted by atomic mass is 10.1. The van der Waals surface area contributed by atoms with Crippen molar-refractivity contribution < 1.29 is 23.4 Å². The summed E-state index contributed by atoms with van der Waals surface area (Å²) in [6, 6.07) is 5.27. The van der Waals surface area contributed by atoms with Gasteiger partial charge in [0.05, 0.1) is 0 Å². The molecule has 2 amide bonds. The first-order chi connectivity index (χ1) is 10.1. The molecule has 1 aliphatic rings. The van der Waals surface area contributed by atoms with E-state index in [0.29, 0.717) is 18.0 Å². The van der Waals surface area contributed by atoms with Crippen molar-refractivity contribution in [2.45, 2.75) is 31.9 Å². The van der Waals surface area contributed by atoms with Gasteiger partial charge in [-0.15, -0.1) is 0 Å². The summed E-state index contributed by atoms with van der Waals surface area (Å²) in [4.78, 5) is 11.8. The van der Waals surface area contributed by atoms with E-state index >= 15 is 0 Å². The maximum absolute atomic E-state index is 12.0. The van der Waals surface area contributed by atoms with Crippen molar-refractivity contribution in [3.05, 3.63) is 24.3 Å². The van der Waals surface area contributed by atoms with Crippen LogP contribution in [0.1, 0.15) is 19.3 Å². The summed E-state index contributed by atoms with van der Waals surface area (Å²) in [5.74, 6) is 0.469. The predicted octanol–water partition coefficient (Wildman–Crippen LogP) is 2.57. The SMILES string of the molecule is O=C(Nc1ccc(OC(F)F)cc1)N[C@@H](CCO)C1CC1. The highest BCUT2D eigenvalue weighted by Crippen LogP contribution is 2.33. The molecule has 1 aliphatic carbocycles. The summed E-state index contributed by atoms with van der Waals surface area (Å²) in [7, 11) is 0. The number of aliphatic hydroxyl groups excluding tert-OH is 1. The molecule has 0 aromatic heterocycles. The lowest BCUT2D eigenvalue weighted by Crippen LogP contribution is -2.39. The van der Waals surface area contributed by atoms with Gasteiger partial charge in [0, 0.05) is 18.3 Å². The van der Waals surface area contributed by atoms with Crippen molar-refractivity contribution >= 4 is 11.7 Å². The average molecular weight is 300 g/mol. The van der Waals surface area contributed by atoms with Gasteiger partial charge in [-0.2, -0.15) is 8.78 Å². The number of carbonyl (C=O) groups is 1. The third kappa shape index (κ3) is 5.18. The number of rotatable bonds is 7. The minimum atomic E-state index is -2.87. The quantitative estimate of drug-likeness (QED) is 0.725. The normalized spacial score (nSPS) is 15.6. The standard InChI is InChI=1S/C14H18F2N2O3/c15-13(16)21-11-5-3-10(4-6-11)17-14(20)18-12(7-8-19)9-1-2-9/h3-6,9,12-13,19H,1-2,7-8H2,(H2,17,18,20)/t12-/m0/s1. The van der Waals surface area contributed by atoms with Crippen LogP contribution in [0.5, 0.6) is 5.75 Å². The Balaban J connectivity index is 1.84. The summed E-state index contributed by atoms with van der Waals surface area (Å²) in [6.45, 7) is -2.84. The van der Waals surface area contributed by atoms with E-state index in [0.717, 1.165) is 12.8 Å². The number of hydrogen-bond acceptors (Lipinski definition) is 3. The summed E-state index contributed by atoms with van der Waals surface area (Å²) in [5.41, 5.74) is 0.479. The Morgan fingerprint density at radius 2 is 2.00 bits per heavy atom. The summed E-state index contributed by atoms with van der Waals surface area (Å²) in [5, 5.41) is 14.4. The zero-order valence-electron chi connectivity index (χ0n) is 11.4. The van der Waals surface area contributed by atoms with E-state index < -0.39 is 6.61 Å². The van der Waals surface area contributed by atoms with Gasteiger partial charge in [0.25, 0.3) is 0 Å². The number of hydrogen-bond donors (Lipinski definition) is 3. The largest absolute Gasteiger partial charge is 0.435 e. The van der Waals surface area contributed by atoms with E-state index in [1.807, 2.05) is 0 Å². The van der Waals surface area contributed by atoms with Crippen molar-refractivity contribution in [1.29, 1.82) is 0 Å². The average Bonchev–Trinajstić information content (AvgIpc) is 3.24. The lowest BCUT2D eigenvalue weighted by molar-refractivity contribution is -0.0498. The van der Waals surface area contributed by atoms with Gasteiger partial charge in [0.2, 0.25) is 0 Å². The fourth-order valence-electron chi connectivity index (χ4n) is 2.12. The Hall–Kier alpha value is -1.89. The number of halogens is 2. The van der Waals surface area contributed by atoms with Crippen molar-refractivity contribution in [3.8, 4) is 5.75 Å². The molecule has 3 N–H and O–H groups in total. The number of alkyl halides is 2. The number of nitrogens with one attached hydrogen (secondary N) is 2. The van der Waals surface area contributed by atoms with Gasteiger partial charge < -0.3 is 20.5 Å². The van der Waals surface area contributed by atoms with Gasteiger partial charge in [-0.3, -0.25) is 0 Å². The van der Waals surface area contributed by atoms with Crippen LogP contribution in [-0.4, -0.2) is 30.4 Å². The maximum atomic E-state index is 12.0. The molecule has 0 saturated heterocycles. The fourth-order valence-corrected chi connectivity index (χ4v) is 2.12. The van der Waals surface area contributed by atoms with Crippen LogP contribution >= 0.6 is 0 Å². The monoisotopic (exact) mass is 300 g/mol. The van der Waals surface area contributed by atoms with Crippen LogP contribution in [-0.2, 0) is 0 Å². The molecular formula is C14H18F2N2O3. The Kier molecular flexibility index (Phi) is 5.32. The molecule has 0 heterocycles. The molecule has 0 aliphatic heterocycles. The van der Waals surface area contributed by atoms with Crippen molar-refractivity contribution in [2.75, 3.05) is 11.9 Å².